The van der Waals surface area contributed by atoms with E-state index < -0.39 is 4.92 Å². The number of anilines is 1. The van der Waals surface area contributed by atoms with Crippen molar-refractivity contribution >= 4 is 39.4 Å². The van der Waals surface area contributed by atoms with Gasteiger partial charge >= 0.3 is 0 Å². The van der Waals surface area contributed by atoms with Gasteiger partial charge in [-0.1, -0.05) is 35.0 Å². The molecule has 0 saturated carbocycles. The fourth-order valence-electron chi connectivity index (χ4n) is 2.90. The maximum absolute atomic E-state index is 12.2. The molecule has 3 rings (SSSR count). The van der Waals surface area contributed by atoms with E-state index >= 15 is 0 Å². The van der Waals surface area contributed by atoms with Gasteiger partial charge in [-0.3, -0.25) is 14.9 Å². The molecule has 0 atom stereocenters. The number of carbonyl (C=O) groups excluding carboxylic acids is 1. The van der Waals surface area contributed by atoms with Crippen LogP contribution in [0.5, 0.6) is 11.5 Å². The Balaban J connectivity index is 1.59. The second-order valence-corrected chi connectivity index (χ2v) is 8.03. The van der Waals surface area contributed by atoms with E-state index in [1.54, 1.807) is 24.3 Å². The van der Waals surface area contributed by atoms with Gasteiger partial charge in [0.1, 0.15) is 6.61 Å². The molecule has 0 aromatic heterocycles. The van der Waals surface area contributed by atoms with E-state index in [4.69, 9.17) is 14.3 Å². The molecule has 0 aliphatic rings. The molecule has 0 fully saturated rings. The number of nitrogens with zero attached hydrogens (tertiary/aromatic N) is 2. The Morgan fingerprint density at radius 2 is 1.94 bits per heavy atom. The number of nitro benzene ring substituents is 1. The first-order chi connectivity index (χ1) is 16.4. The highest BCUT2D eigenvalue weighted by atomic mass is 79.9. The third-order valence-electron chi connectivity index (χ3n) is 4.56. The maximum Gasteiger partial charge on any atom is 0.269 e. The number of carbonyl (C=O) groups is 1. The van der Waals surface area contributed by atoms with E-state index in [0.29, 0.717) is 32.8 Å². The highest BCUT2D eigenvalue weighted by molar-refractivity contribution is 9.10. The second kappa shape index (κ2) is 11.8. The first kappa shape index (κ1) is 24.7. The zero-order chi connectivity index (χ0) is 24.5. The van der Waals surface area contributed by atoms with Crippen LogP contribution in [-0.2, 0) is 16.2 Å². The number of ether oxygens (including phenoxy) is 2. The molecule has 0 radical (unpaired) electrons. The molecule has 9 nitrogen and oxygen atoms in total. The van der Waals surface area contributed by atoms with Crippen molar-refractivity contribution in [2.75, 3.05) is 19.0 Å². The number of nitro groups is 1. The first-order valence-corrected chi connectivity index (χ1v) is 10.9. The minimum atomic E-state index is -0.466. The fourth-order valence-corrected chi connectivity index (χ4v) is 3.47. The lowest BCUT2D eigenvalue weighted by molar-refractivity contribution is -0.384. The van der Waals surface area contributed by atoms with E-state index in [1.807, 2.05) is 31.2 Å². The molecular formula is C24H22BrN3O6. The number of nitrogens with one attached hydrogen (secondary N) is 1. The van der Waals surface area contributed by atoms with E-state index in [1.165, 1.54) is 25.5 Å². The van der Waals surface area contributed by atoms with Crippen molar-refractivity contribution in [3.63, 3.8) is 0 Å². The topological polar surface area (TPSA) is 112 Å². The van der Waals surface area contributed by atoms with Crippen LogP contribution >= 0.6 is 15.9 Å². The Kier molecular flexibility index (Phi) is 8.58. The number of methoxy groups -OCH3 is 1. The number of amides is 1. The van der Waals surface area contributed by atoms with Crippen molar-refractivity contribution in [3.05, 3.63) is 91.9 Å². The molecule has 34 heavy (non-hydrogen) atoms. The van der Waals surface area contributed by atoms with Gasteiger partial charge in [0.2, 0.25) is 0 Å². The van der Waals surface area contributed by atoms with Crippen molar-refractivity contribution in [1.29, 1.82) is 0 Å². The Labute approximate surface area is 204 Å². The standard InChI is InChI=1S/C24H22BrN3O6/c1-16-6-8-19(9-7-16)27-23(29)15-33-24-21(25)11-18(12-22(24)32-2)13-26-34-14-17-4-3-5-20(10-17)28(30)31/h3-13H,14-15H2,1-2H3,(H,27,29)/b26-13-. The van der Waals surface area contributed by atoms with Crippen LogP contribution in [-0.4, -0.2) is 30.8 Å². The molecule has 0 heterocycles. The number of non-ortho nitro benzene ring substituents is 1. The van der Waals surface area contributed by atoms with E-state index in [2.05, 4.69) is 26.4 Å². The lowest BCUT2D eigenvalue weighted by atomic mass is 10.2. The normalized spacial score (nSPS) is 10.7. The summed E-state index contributed by atoms with van der Waals surface area (Å²) in [6.07, 6.45) is 1.47. The van der Waals surface area contributed by atoms with Crippen LogP contribution in [0, 0.1) is 17.0 Å². The SMILES string of the molecule is COc1cc(/C=N\OCc2cccc([N+](=O)[O-])c2)cc(Br)c1OCC(=O)Nc1ccc(C)cc1. The van der Waals surface area contributed by atoms with Gasteiger partial charge in [-0.2, -0.15) is 0 Å². The summed E-state index contributed by atoms with van der Waals surface area (Å²) in [5.41, 5.74) is 3.04. The van der Waals surface area contributed by atoms with E-state index in [-0.39, 0.29) is 24.8 Å². The van der Waals surface area contributed by atoms with Crippen molar-refractivity contribution in [1.82, 2.24) is 0 Å². The van der Waals surface area contributed by atoms with Crippen LogP contribution in [0.4, 0.5) is 11.4 Å². The third kappa shape index (κ3) is 7.04. The molecule has 1 N–H and O–H groups in total. The summed E-state index contributed by atoms with van der Waals surface area (Å²) in [6, 6.07) is 17.0. The second-order valence-electron chi connectivity index (χ2n) is 7.17. The predicted molar refractivity (Wildman–Crippen MR) is 131 cm³/mol. The van der Waals surface area contributed by atoms with E-state index in [9.17, 15) is 14.9 Å². The predicted octanol–water partition coefficient (Wildman–Crippen LogP) is 5.24. The van der Waals surface area contributed by atoms with Gasteiger partial charge in [0, 0.05) is 23.4 Å². The van der Waals surface area contributed by atoms with Crippen LogP contribution in [0.25, 0.3) is 0 Å². The minimum absolute atomic E-state index is 0.0121. The summed E-state index contributed by atoms with van der Waals surface area (Å²) in [4.78, 5) is 27.9. The Morgan fingerprint density at radius 3 is 2.65 bits per heavy atom. The monoisotopic (exact) mass is 527 g/mol. The summed E-state index contributed by atoms with van der Waals surface area (Å²) in [6.45, 7) is 1.84. The number of aryl methyl sites for hydroxylation is 1. The summed E-state index contributed by atoms with van der Waals surface area (Å²) in [7, 11) is 1.49. The lowest BCUT2D eigenvalue weighted by Gasteiger charge is -2.13. The van der Waals surface area contributed by atoms with Crippen molar-refractivity contribution in [2.45, 2.75) is 13.5 Å². The van der Waals surface area contributed by atoms with Crippen molar-refractivity contribution in [3.8, 4) is 11.5 Å². The van der Waals surface area contributed by atoms with Crippen LogP contribution in [0.15, 0.2) is 70.3 Å². The average Bonchev–Trinajstić information content (AvgIpc) is 2.82. The highest BCUT2D eigenvalue weighted by Gasteiger charge is 2.13. The molecule has 176 valence electrons. The summed E-state index contributed by atoms with van der Waals surface area (Å²) >= 11 is 3.43. The summed E-state index contributed by atoms with van der Waals surface area (Å²) in [5.74, 6) is 0.465. The Morgan fingerprint density at radius 1 is 1.18 bits per heavy atom. The fraction of sp³-hybridized carbons (Fsp3) is 0.167. The largest absolute Gasteiger partial charge is 0.493 e. The molecule has 3 aromatic rings. The summed E-state index contributed by atoms with van der Waals surface area (Å²) < 4.78 is 11.6. The van der Waals surface area contributed by atoms with Gasteiger partial charge < -0.3 is 19.6 Å². The molecule has 10 heteroatoms. The van der Waals surface area contributed by atoms with E-state index in [0.717, 1.165) is 5.56 Å². The van der Waals surface area contributed by atoms with Crippen molar-refractivity contribution < 1.29 is 24.0 Å². The van der Waals surface area contributed by atoms with Gasteiger partial charge in [0.25, 0.3) is 11.6 Å². The molecule has 3 aromatic carbocycles. The molecule has 1 amide bonds. The average molecular weight is 528 g/mol. The summed E-state index contributed by atoms with van der Waals surface area (Å²) in [5, 5.41) is 17.5. The Hall–Kier alpha value is -3.92. The number of oxime groups is 1. The minimum Gasteiger partial charge on any atom is -0.493 e. The zero-order valence-corrected chi connectivity index (χ0v) is 20.1. The lowest BCUT2D eigenvalue weighted by Crippen LogP contribution is -2.20. The molecule has 0 spiro atoms. The Bertz CT molecular complexity index is 1200. The maximum atomic E-state index is 12.2. The number of rotatable bonds is 10. The third-order valence-corrected chi connectivity index (χ3v) is 5.15. The van der Waals surface area contributed by atoms with Gasteiger partial charge in [0.05, 0.1) is 22.7 Å². The van der Waals surface area contributed by atoms with Crippen molar-refractivity contribution in [2.24, 2.45) is 5.16 Å². The van der Waals surface area contributed by atoms with Crippen LogP contribution in [0.1, 0.15) is 16.7 Å². The first-order valence-electron chi connectivity index (χ1n) is 10.1. The van der Waals surface area contributed by atoms with Gasteiger partial charge in [0.15, 0.2) is 18.1 Å². The zero-order valence-electron chi connectivity index (χ0n) is 18.5. The quantitative estimate of drug-likeness (QED) is 0.219. The number of halogens is 1. The number of benzene rings is 3. The smallest absolute Gasteiger partial charge is 0.269 e. The molecule has 0 unspecified atom stereocenters. The van der Waals surface area contributed by atoms with Crippen LogP contribution in [0.3, 0.4) is 0 Å². The van der Waals surface area contributed by atoms with Crippen LogP contribution < -0.4 is 14.8 Å². The number of hydrogen-bond donors (Lipinski definition) is 1. The molecule has 0 saturated heterocycles. The molecule has 0 bridgehead atoms. The molecule has 0 aliphatic carbocycles. The van der Waals surface area contributed by atoms with Crippen LogP contribution in [0.2, 0.25) is 0 Å². The number of hydrogen-bond acceptors (Lipinski definition) is 7. The molecule has 0 aliphatic heterocycles. The van der Waals surface area contributed by atoms with Gasteiger partial charge in [-0.15, -0.1) is 0 Å². The van der Waals surface area contributed by atoms with Gasteiger partial charge in [-0.05, 0) is 52.7 Å². The highest BCUT2D eigenvalue weighted by Crippen LogP contribution is 2.36. The van der Waals surface area contributed by atoms with Gasteiger partial charge in [-0.25, -0.2) is 0 Å². The molecular weight excluding hydrogens is 506 g/mol.